The Hall–Kier alpha value is -1.64. The van der Waals surface area contributed by atoms with E-state index in [0.717, 1.165) is 29.9 Å². The van der Waals surface area contributed by atoms with Gasteiger partial charge in [-0.1, -0.05) is 30.9 Å². The lowest BCUT2D eigenvalue weighted by molar-refractivity contribution is -0.122. The Bertz CT molecular complexity index is 610. The Balaban J connectivity index is 1.86. The van der Waals surface area contributed by atoms with Crippen LogP contribution in [0.4, 0.5) is 0 Å². The summed E-state index contributed by atoms with van der Waals surface area (Å²) in [7, 11) is 0. The van der Waals surface area contributed by atoms with E-state index in [1.54, 1.807) is 0 Å². The predicted octanol–water partition coefficient (Wildman–Crippen LogP) is 4.45. The minimum absolute atomic E-state index is 0.232. The van der Waals surface area contributed by atoms with Crippen LogP contribution in [0.5, 0.6) is 5.75 Å². The van der Waals surface area contributed by atoms with E-state index in [9.17, 15) is 4.79 Å². The van der Waals surface area contributed by atoms with E-state index in [4.69, 9.17) is 9.73 Å². The second kappa shape index (κ2) is 5.86. The second-order valence-corrected chi connectivity index (χ2v) is 7.08. The van der Waals surface area contributed by atoms with Gasteiger partial charge < -0.3 is 4.74 Å². The zero-order chi connectivity index (χ0) is 15.7. The van der Waals surface area contributed by atoms with E-state index in [-0.39, 0.29) is 5.92 Å². The monoisotopic (exact) mass is 299 g/mol. The maximum absolute atomic E-state index is 12.7. The van der Waals surface area contributed by atoms with Gasteiger partial charge in [0.1, 0.15) is 11.5 Å². The maximum atomic E-state index is 12.7. The summed E-state index contributed by atoms with van der Waals surface area (Å²) in [6, 6.07) is 6.12. The lowest BCUT2D eigenvalue weighted by atomic mass is 9.83. The van der Waals surface area contributed by atoms with E-state index in [2.05, 4.69) is 13.0 Å². The van der Waals surface area contributed by atoms with Gasteiger partial charge in [-0.25, -0.2) is 4.99 Å². The molecular formula is C19H25NO2. The number of hydrogen-bond donors (Lipinski definition) is 0. The SMILES string of the molecule is Cc1ccc2c(c1)C(CC(=O)C1CCCCC1)=NC(C)(C)O2. The summed E-state index contributed by atoms with van der Waals surface area (Å²) in [5.41, 5.74) is 2.46. The minimum atomic E-state index is -0.593. The molecule has 0 atom stereocenters. The molecule has 3 heteroatoms. The summed E-state index contributed by atoms with van der Waals surface area (Å²) < 4.78 is 5.93. The van der Waals surface area contributed by atoms with E-state index in [1.165, 1.54) is 24.8 Å². The molecule has 0 spiro atoms. The Morgan fingerprint density at radius 3 is 2.73 bits per heavy atom. The van der Waals surface area contributed by atoms with Gasteiger partial charge in [-0.05, 0) is 45.7 Å². The standard InChI is InChI=1S/C19H25NO2/c1-13-9-10-18-15(11-13)16(20-19(2,3)22-18)12-17(21)14-7-5-4-6-8-14/h9-11,14H,4-8,12H2,1-3H3. The number of aryl methyl sites for hydroxylation is 1. The number of aliphatic imine (C=N–C) groups is 1. The fraction of sp³-hybridized carbons (Fsp3) is 0.579. The van der Waals surface area contributed by atoms with Crippen molar-refractivity contribution in [1.29, 1.82) is 0 Å². The van der Waals surface area contributed by atoms with Crippen LogP contribution in [0.15, 0.2) is 23.2 Å². The molecule has 0 bridgehead atoms. The van der Waals surface area contributed by atoms with E-state index < -0.39 is 5.72 Å². The highest BCUT2D eigenvalue weighted by molar-refractivity contribution is 6.13. The number of ketones is 1. The predicted molar refractivity (Wildman–Crippen MR) is 88.6 cm³/mol. The van der Waals surface area contributed by atoms with Crippen LogP contribution in [0.25, 0.3) is 0 Å². The normalized spacial score (nSPS) is 20.8. The summed E-state index contributed by atoms with van der Waals surface area (Å²) in [6.45, 7) is 5.95. The molecule has 1 aromatic carbocycles. The fourth-order valence-electron chi connectivity index (χ4n) is 3.50. The highest BCUT2D eigenvalue weighted by Crippen LogP contribution is 2.33. The summed E-state index contributed by atoms with van der Waals surface area (Å²) >= 11 is 0. The molecule has 1 aliphatic heterocycles. The average Bonchev–Trinajstić information content (AvgIpc) is 2.48. The first-order chi connectivity index (χ1) is 10.4. The highest BCUT2D eigenvalue weighted by Gasteiger charge is 2.30. The van der Waals surface area contributed by atoms with E-state index in [1.807, 2.05) is 26.0 Å². The number of ether oxygens (including phenoxy) is 1. The van der Waals surface area contributed by atoms with Gasteiger partial charge in [0.15, 0.2) is 5.72 Å². The molecule has 118 valence electrons. The third-order valence-electron chi connectivity index (χ3n) is 4.61. The van der Waals surface area contributed by atoms with Crippen LogP contribution in [-0.4, -0.2) is 17.2 Å². The minimum Gasteiger partial charge on any atom is -0.466 e. The number of hydrogen-bond acceptors (Lipinski definition) is 3. The van der Waals surface area contributed by atoms with Gasteiger partial charge in [0.2, 0.25) is 0 Å². The summed E-state index contributed by atoms with van der Waals surface area (Å²) in [4.78, 5) is 17.4. The fourth-order valence-corrected chi connectivity index (χ4v) is 3.50. The van der Waals surface area contributed by atoms with Crippen molar-refractivity contribution in [3.05, 3.63) is 29.3 Å². The largest absolute Gasteiger partial charge is 0.466 e. The molecule has 0 saturated heterocycles. The average molecular weight is 299 g/mol. The van der Waals surface area contributed by atoms with E-state index in [0.29, 0.717) is 12.2 Å². The van der Waals surface area contributed by atoms with Crippen molar-refractivity contribution in [1.82, 2.24) is 0 Å². The molecule has 1 saturated carbocycles. The van der Waals surface area contributed by atoms with Crippen molar-refractivity contribution >= 4 is 11.5 Å². The number of fused-ring (bicyclic) bond motifs is 1. The van der Waals surface area contributed by atoms with Crippen molar-refractivity contribution in [3.8, 4) is 5.75 Å². The van der Waals surface area contributed by atoms with Crippen molar-refractivity contribution in [2.45, 2.75) is 65.0 Å². The number of nitrogens with zero attached hydrogens (tertiary/aromatic N) is 1. The van der Waals surface area contributed by atoms with Crippen molar-refractivity contribution in [2.75, 3.05) is 0 Å². The smallest absolute Gasteiger partial charge is 0.194 e. The quantitative estimate of drug-likeness (QED) is 0.827. The van der Waals surface area contributed by atoms with Gasteiger partial charge in [0, 0.05) is 17.9 Å². The van der Waals surface area contributed by atoms with Crippen LogP contribution in [0, 0.1) is 12.8 Å². The third-order valence-corrected chi connectivity index (χ3v) is 4.61. The first kappa shape index (κ1) is 15.3. The number of rotatable bonds is 3. The van der Waals surface area contributed by atoms with Crippen molar-refractivity contribution in [3.63, 3.8) is 0 Å². The zero-order valence-corrected chi connectivity index (χ0v) is 13.8. The molecule has 0 unspecified atom stereocenters. The molecular weight excluding hydrogens is 274 g/mol. The maximum Gasteiger partial charge on any atom is 0.194 e. The first-order valence-electron chi connectivity index (χ1n) is 8.36. The molecule has 3 nitrogen and oxygen atoms in total. The molecule has 1 aliphatic carbocycles. The number of benzene rings is 1. The van der Waals surface area contributed by atoms with Gasteiger partial charge in [-0.3, -0.25) is 4.79 Å². The van der Waals surface area contributed by atoms with Crippen molar-refractivity contribution < 1.29 is 9.53 Å². The van der Waals surface area contributed by atoms with Gasteiger partial charge >= 0.3 is 0 Å². The Labute approximate surface area is 132 Å². The number of Topliss-reactive ketones (excluding diaryl/α,β-unsaturated/α-hetero) is 1. The van der Waals surface area contributed by atoms with Crippen LogP contribution in [-0.2, 0) is 4.79 Å². The molecule has 0 amide bonds. The molecule has 1 fully saturated rings. The zero-order valence-electron chi connectivity index (χ0n) is 13.8. The highest BCUT2D eigenvalue weighted by atomic mass is 16.5. The van der Waals surface area contributed by atoms with Crippen molar-refractivity contribution in [2.24, 2.45) is 10.9 Å². The lowest BCUT2D eigenvalue weighted by Gasteiger charge is -2.31. The topological polar surface area (TPSA) is 38.7 Å². The van der Waals surface area contributed by atoms with Crippen LogP contribution < -0.4 is 4.74 Å². The Kier molecular flexibility index (Phi) is 4.07. The number of carbonyl (C=O) groups excluding carboxylic acids is 1. The van der Waals surface area contributed by atoms with Gasteiger partial charge in [0.05, 0.1) is 5.71 Å². The lowest BCUT2D eigenvalue weighted by Crippen LogP contribution is -2.33. The molecule has 0 N–H and O–H groups in total. The van der Waals surface area contributed by atoms with Gasteiger partial charge in [-0.2, -0.15) is 0 Å². The summed E-state index contributed by atoms with van der Waals surface area (Å²) in [5.74, 6) is 1.43. The Morgan fingerprint density at radius 1 is 1.27 bits per heavy atom. The third kappa shape index (κ3) is 3.23. The van der Waals surface area contributed by atoms with Crippen LogP contribution >= 0.6 is 0 Å². The molecule has 0 aromatic heterocycles. The van der Waals surface area contributed by atoms with Crippen LogP contribution in [0.3, 0.4) is 0 Å². The van der Waals surface area contributed by atoms with E-state index >= 15 is 0 Å². The number of carbonyl (C=O) groups is 1. The van der Waals surface area contributed by atoms with Gasteiger partial charge in [0.25, 0.3) is 0 Å². The molecule has 22 heavy (non-hydrogen) atoms. The van der Waals surface area contributed by atoms with Gasteiger partial charge in [-0.15, -0.1) is 0 Å². The molecule has 0 radical (unpaired) electrons. The molecule has 3 rings (SSSR count). The second-order valence-electron chi connectivity index (χ2n) is 7.08. The molecule has 1 aromatic rings. The van der Waals surface area contributed by atoms with Crippen LogP contribution in [0.2, 0.25) is 0 Å². The molecule has 1 heterocycles. The summed E-state index contributed by atoms with van der Waals surface area (Å²) in [6.07, 6.45) is 6.18. The van der Waals surface area contributed by atoms with Crippen LogP contribution in [0.1, 0.15) is 63.5 Å². The Morgan fingerprint density at radius 2 is 2.00 bits per heavy atom. The first-order valence-corrected chi connectivity index (χ1v) is 8.36. The molecule has 2 aliphatic rings. The summed E-state index contributed by atoms with van der Waals surface area (Å²) in [5, 5.41) is 0.